The average Bonchev–Trinajstić information content (AvgIpc) is 3.06. The van der Waals surface area contributed by atoms with Crippen molar-refractivity contribution in [1.82, 2.24) is 0 Å². The van der Waals surface area contributed by atoms with E-state index in [0.29, 0.717) is 11.3 Å². The van der Waals surface area contributed by atoms with E-state index in [2.05, 4.69) is 20.5 Å². The zero-order valence-electron chi connectivity index (χ0n) is 25.5. The molecule has 0 amide bonds. The highest BCUT2D eigenvalue weighted by atomic mass is 32.2. The van der Waals surface area contributed by atoms with Gasteiger partial charge in [-0.25, -0.2) is 0 Å². The predicted octanol–water partition coefficient (Wildman–Crippen LogP) is 7.22. The van der Waals surface area contributed by atoms with E-state index in [1.54, 1.807) is 48.5 Å². The predicted molar refractivity (Wildman–Crippen MR) is 185 cm³/mol. The minimum absolute atomic E-state index is 0.118. The molecule has 0 aliphatic heterocycles. The fraction of sp³-hybridized carbons (Fsp3) is 0. The van der Waals surface area contributed by atoms with Crippen molar-refractivity contribution >= 4 is 80.3 Å². The monoisotopic (exact) mass is 749 g/mol. The lowest BCUT2D eigenvalue weighted by atomic mass is 10.1. The summed E-state index contributed by atoms with van der Waals surface area (Å²) in [6.45, 7) is 0. The van der Waals surface area contributed by atoms with Gasteiger partial charge in [-0.2, -0.15) is 35.5 Å². The van der Waals surface area contributed by atoms with Gasteiger partial charge < -0.3 is 15.9 Å². The van der Waals surface area contributed by atoms with Crippen LogP contribution in [0.4, 0.5) is 28.4 Å². The van der Waals surface area contributed by atoms with Crippen LogP contribution in [0.3, 0.4) is 0 Å². The number of azo groups is 2. The molecule has 16 nitrogen and oxygen atoms in total. The van der Waals surface area contributed by atoms with Crippen LogP contribution in [0, 0.1) is 0 Å². The van der Waals surface area contributed by atoms with E-state index in [0.717, 1.165) is 29.8 Å². The van der Waals surface area contributed by atoms with Crippen molar-refractivity contribution in [1.29, 1.82) is 0 Å². The van der Waals surface area contributed by atoms with Crippen molar-refractivity contribution in [2.24, 2.45) is 20.5 Å². The minimum atomic E-state index is -5.03. The van der Waals surface area contributed by atoms with Crippen molar-refractivity contribution in [2.75, 3.05) is 5.73 Å². The first-order chi connectivity index (χ1) is 23.9. The van der Waals surface area contributed by atoms with Crippen LogP contribution in [-0.4, -0.2) is 49.1 Å². The Balaban J connectivity index is 1.26. The normalized spacial score (nSPS) is 12.8. The van der Waals surface area contributed by atoms with Crippen LogP contribution >= 0.6 is 0 Å². The third-order valence-electron chi connectivity index (χ3n) is 7.57. The van der Waals surface area contributed by atoms with Gasteiger partial charge in [0, 0.05) is 21.8 Å². The molecule has 0 bridgehead atoms. The maximum atomic E-state index is 12.2. The quantitative estimate of drug-likeness (QED) is 0.0511. The molecule has 0 saturated carbocycles. The molecular weight excluding hydrogens is 727 g/mol. The van der Waals surface area contributed by atoms with E-state index in [-0.39, 0.29) is 44.4 Å². The average molecular weight is 750 g/mol. The Hall–Kier alpha value is -5.83. The molecule has 0 saturated heterocycles. The number of phenols is 2. The Morgan fingerprint density at radius 1 is 0.529 bits per heavy atom. The Morgan fingerprint density at radius 3 is 1.59 bits per heavy atom. The molecule has 0 unspecified atom stereocenters. The molecule has 0 heterocycles. The highest BCUT2D eigenvalue weighted by Gasteiger charge is 2.25. The van der Waals surface area contributed by atoms with Crippen LogP contribution < -0.4 is 5.73 Å². The lowest BCUT2D eigenvalue weighted by molar-refractivity contribution is 0.472. The number of nitrogen functional groups attached to an aromatic ring is 1. The fourth-order valence-corrected chi connectivity index (χ4v) is 7.12. The Bertz CT molecular complexity index is 2790. The maximum Gasteiger partial charge on any atom is 0.296 e. The zero-order chi connectivity index (χ0) is 36.9. The number of benzene rings is 6. The third kappa shape index (κ3) is 7.10. The van der Waals surface area contributed by atoms with E-state index in [1.807, 2.05) is 0 Å². The number of hydrogen-bond donors (Lipinski definition) is 6. The van der Waals surface area contributed by atoms with Gasteiger partial charge in [-0.15, -0.1) is 10.2 Å². The van der Waals surface area contributed by atoms with Gasteiger partial charge in [0.05, 0.1) is 16.3 Å². The van der Waals surface area contributed by atoms with Crippen LogP contribution in [0.5, 0.6) is 11.5 Å². The highest BCUT2D eigenvalue weighted by molar-refractivity contribution is 7.86. The van der Waals surface area contributed by atoms with Gasteiger partial charge in [0.25, 0.3) is 30.4 Å². The molecule has 0 atom stereocenters. The number of hydrogen-bond acceptors (Lipinski definition) is 13. The van der Waals surface area contributed by atoms with Crippen molar-refractivity contribution in [2.45, 2.75) is 14.7 Å². The highest BCUT2D eigenvalue weighted by Crippen LogP contribution is 2.45. The zero-order valence-corrected chi connectivity index (χ0v) is 28.0. The molecule has 6 aromatic carbocycles. The van der Waals surface area contributed by atoms with Crippen LogP contribution in [0.25, 0.3) is 32.7 Å². The number of nitrogens with zero attached hydrogens (tertiary/aromatic N) is 4. The second kappa shape index (κ2) is 12.8. The number of nitrogens with two attached hydrogens (primary N) is 1. The number of fused-ring (bicyclic) bond motifs is 2. The standard InChI is InChI=1S/C32H23N5O11S3/c33-25-15-22(49(40,41)42)13-19-14-28(51(46,47)48)30(32(39)29(19)25)37-35-21-11-7-18(8-12-21)17-5-9-20(10-6-17)34-36-26-16-27(50(43,44)45)23-3-1-2-4-24(23)31(26)38/h1-16,38-39H,33H2,(H,40,41,42)(H,43,44,45)(H,46,47,48). The first-order valence-corrected chi connectivity index (χ1v) is 18.5. The Labute approximate surface area is 289 Å². The minimum Gasteiger partial charge on any atom is -0.505 e. The molecule has 0 aromatic heterocycles. The molecule has 6 rings (SSSR count). The largest absolute Gasteiger partial charge is 0.505 e. The van der Waals surface area contributed by atoms with Crippen molar-refractivity contribution in [3.8, 4) is 22.6 Å². The second-order valence-electron chi connectivity index (χ2n) is 10.9. The van der Waals surface area contributed by atoms with Gasteiger partial charge in [-0.1, -0.05) is 48.5 Å². The van der Waals surface area contributed by atoms with Gasteiger partial charge in [0.15, 0.2) is 11.5 Å². The summed E-state index contributed by atoms with van der Waals surface area (Å²) in [5.41, 5.74) is 6.70. The molecule has 0 aliphatic carbocycles. The van der Waals surface area contributed by atoms with Crippen LogP contribution in [0.1, 0.15) is 0 Å². The fourth-order valence-electron chi connectivity index (χ4n) is 5.20. The molecule has 7 N–H and O–H groups in total. The molecular formula is C32H23N5O11S3. The Morgan fingerprint density at radius 2 is 1.06 bits per heavy atom. The lowest BCUT2D eigenvalue weighted by Gasteiger charge is -2.12. The summed E-state index contributed by atoms with van der Waals surface area (Å²) in [4.78, 5) is -2.00. The van der Waals surface area contributed by atoms with Crippen LogP contribution in [-0.2, 0) is 30.4 Å². The van der Waals surface area contributed by atoms with Crippen LogP contribution in [0.15, 0.2) is 132 Å². The molecule has 0 radical (unpaired) electrons. The number of anilines is 1. The van der Waals surface area contributed by atoms with E-state index in [9.17, 15) is 49.1 Å². The summed E-state index contributed by atoms with van der Waals surface area (Å²) >= 11 is 0. The first kappa shape index (κ1) is 35.0. The van der Waals surface area contributed by atoms with Gasteiger partial charge in [-0.05, 0) is 65.0 Å². The van der Waals surface area contributed by atoms with Crippen molar-refractivity contribution < 1.29 is 49.1 Å². The Kier molecular flexibility index (Phi) is 8.79. The molecule has 0 aliphatic rings. The number of aromatic hydroxyl groups is 2. The number of rotatable bonds is 8. The lowest BCUT2D eigenvalue weighted by Crippen LogP contribution is -2.02. The summed E-state index contributed by atoms with van der Waals surface area (Å²) in [7, 11) is -14.4. The summed E-state index contributed by atoms with van der Waals surface area (Å²) in [6.07, 6.45) is 0. The van der Waals surface area contributed by atoms with Gasteiger partial charge in [0.1, 0.15) is 21.2 Å². The molecule has 19 heteroatoms. The van der Waals surface area contributed by atoms with Crippen molar-refractivity contribution in [3.05, 3.63) is 97.1 Å². The number of phenolic OH excluding ortho intramolecular Hbond substituents is 2. The van der Waals surface area contributed by atoms with E-state index in [1.165, 1.54) is 24.3 Å². The van der Waals surface area contributed by atoms with Gasteiger partial charge in [-0.3, -0.25) is 13.7 Å². The topological polar surface area (TPSA) is 279 Å². The molecule has 0 fully saturated rings. The molecule has 51 heavy (non-hydrogen) atoms. The summed E-state index contributed by atoms with van der Waals surface area (Å²) < 4.78 is 100. The molecule has 0 spiro atoms. The molecule has 6 aromatic rings. The third-order valence-corrected chi connectivity index (χ3v) is 10.2. The first-order valence-electron chi connectivity index (χ1n) is 14.2. The summed E-state index contributed by atoms with van der Waals surface area (Å²) in [6, 6.07) is 22.6. The second-order valence-corrected chi connectivity index (χ2v) is 15.1. The van der Waals surface area contributed by atoms with Gasteiger partial charge in [0.2, 0.25) is 0 Å². The molecule has 260 valence electrons. The van der Waals surface area contributed by atoms with E-state index < -0.39 is 56.5 Å². The summed E-state index contributed by atoms with van der Waals surface area (Å²) in [5.74, 6) is -1.13. The maximum absolute atomic E-state index is 12.2. The SMILES string of the molecule is Nc1cc(S(=O)(=O)O)cc2cc(S(=O)(=O)O)c(N=Nc3ccc(-c4ccc(N=Nc5cc(S(=O)(=O)O)c6ccccc6c5O)cc4)cc3)c(O)c12. The van der Waals surface area contributed by atoms with E-state index >= 15 is 0 Å². The smallest absolute Gasteiger partial charge is 0.296 e. The summed E-state index contributed by atoms with van der Waals surface area (Å²) in [5, 5.41) is 37.3. The van der Waals surface area contributed by atoms with E-state index in [4.69, 9.17) is 5.73 Å². The van der Waals surface area contributed by atoms with Crippen LogP contribution in [0.2, 0.25) is 0 Å². The van der Waals surface area contributed by atoms with Crippen molar-refractivity contribution in [3.63, 3.8) is 0 Å². The van der Waals surface area contributed by atoms with Gasteiger partial charge >= 0.3 is 0 Å².